The molecule has 3 N–H and O–H groups in total. The fourth-order valence-corrected chi connectivity index (χ4v) is 1.66. The Labute approximate surface area is 105 Å². The zero-order valence-corrected chi connectivity index (χ0v) is 10.4. The molecule has 5 heteroatoms. The van der Waals surface area contributed by atoms with Crippen molar-refractivity contribution in [2.24, 2.45) is 0 Å². The standard InChI is InChI=1S/C13H15N3O2/c1-8-5-11(18-16-8)7-15-10-3-4-13(14)12(6-10)9(2)17/h3-6,15H,7,14H2,1-2H3. The maximum atomic E-state index is 11.4. The lowest BCUT2D eigenvalue weighted by Gasteiger charge is -2.07. The van der Waals surface area contributed by atoms with E-state index in [-0.39, 0.29) is 5.78 Å². The van der Waals surface area contributed by atoms with E-state index >= 15 is 0 Å². The van der Waals surface area contributed by atoms with Crippen molar-refractivity contribution < 1.29 is 9.32 Å². The third-order valence-electron chi connectivity index (χ3n) is 2.58. The summed E-state index contributed by atoms with van der Waals surface area (Å²) in [7, 11) is 0. The van der Waals surface area contributed by atoms with Gasteiger partial charge < -0.3 is 15.6 Å². The Balaban J connectivity index is 2.10. The monoisotopic (exact) mass is 245 g/mol. The van der Waals surface area contributed by atoms with Crippen molar-refractivity contribution in [3.63, 3.8) is 0 Å². The highest BCUT2D eigenvalue weighted by Gasteiger charge is 2.06. The van der Waals surface area contributed by atoms with Crippen molar-refractivity contribution in [1.29, 1.82) is 0 Å². The highest BCUT2D eigenvalue weighted by Crippen LogP contribution is 2.19. The fraction of sp³-hybridized carbons (Fsp3) is 0.231. The Morgan fingerprint density at radius 3 is 2.83 bits per heavy atom. The Kier molecular flexibility index (Phi) is 3.32. The van der Waals surface area contributed by atoms with Crippen LogP contribution in [0.5, 0.6) is 0 Å². The molecular formula is C13H15N3O2. The first-order valence-electron chi connectivity index (χ1n) is 5.63. The fourth-order valence-electron chi connectivity index (χ4n) is 1.66. The molecule has 2 rings (SSSR count). The number of hydrogen-bond acceptors (Lipinski definition) is 5. The maximum absolute atomic E-state index is 11.4. The third kappa shape index (κ3) is 2.68. The Morgan fingerprint density at radius 2 is 2.22 bits per heavy atom. The summed E-state index contributed by atoms with van der Waals surface area (Å²) < 4.78 is 5.08. The third-order valence-corrected chi connectivity index (χ3v) is 2.58. The number of Topliss-reactive ketones (excluding diaryl/α,β-unsaturated/α-hetero) is 1. The molecule has 0 atom stereocenters. The van der Waals surface area contributed by atoms with Crippen LogP contribution >= 0.6 is 0 Å². The van der Waals surface area contributed by atoms with Gasteiger partial charge in [-0.25, -0.2) is 0 Å². The molecule has 0 bridgehead atoms. The number of aromatic nitrogens is 1. The van der Waals surface area contributed by atoms with Gasteiger partial charge in [0, 0.05) is 23.0 Å². The number of nitrogens with one attached hydrogen (secondary N) is 1. The lowest BCUT2D eigenvalue weighted by Crippen LogP contribution is -2.03. The minimum atomic E-state index is -0.0494. The Bertz CT molecular complexity index is 575. The molecular weight excluding hydrogens is 230 g/mol. The average Bonchev–Trinajstić information content (AvgIpc) is 2.74. The number of nitrogens with two attached hydrogens (primary N) is 1. The van der Waals surface area contributed by atoms with Gasteiger partial charge in [0.05, 0.1) is 12.2 Å². The molecule has 1 aromatic heterocycles. The Morgan fingerprint density at radius 1 is 1.44 bits per heavy atom. The van der Waals surface area contributed by atoms with Crippen molar-refractivity contribution in [2.75, 3.05) is 11.1 Å². The summed E-state index contributed by atoms with van der Waals surface area (Å²) in [6.07, 6.45) is 0. The summed E-state index contributed by atoms with van der Waals surface area (Å²) in [6, 6.07) is 7.13. The minimum Gasteiger partial charge on any atom is -0.398 e. The van der Waals surface area contributed by atoms with E-state index in [2.05, 4.69) is 10.5 Å². The van der Waals surface area contributed by atoms with Crippen LogP contribution in [0.3, 0.4) is 0 Å². The zero-order valence-electron chi connectivity index (χ0n) is 10.4. The first-order valence-corrected chi connectivity index (χ1v) is 5.63. The molecule has 0 fully saturated rings. The van der Waals surface area contributed by atoms with Gasteiger partial charge in [0.1, 0.15) is 0 Å². The van der Waals surface area contributed by atoms with Gasteiger partial charge in [-0.1, -0.05) is 5.16 Å². The number of anilines is 2. The van der Waals surface area contributed by atoms with Crippen LogP contribution in [0.15, 0.2) is 28.8 Å². The Hall–Kier alpha value is -2.30. The molecule has 2 aromatic rings. The average molecular weight is 245 g/mol. The molecule has 94 valence electrons. The molecule has 0 unspecified atom stereocenters. The molecule has 0 radical (unpaired) electrons. The number of nitrogen functional groups attached to an aromatic ring is 1. The van der Waals surface area contributed by atoms with E-state index in [9.17, 15) is 4.79 Å². The summed E-state index contributed by atoms with van der Waals surface area (Å²) in [5.41, 5.74) is 8.40. The molecule has 0 aliphatic heterocycles. The van der Waals surface area contributed by atoms with Gasteiger partial charge in [0.15, 0.2) is 11.5 Å². The van der Waals surface area contributed by atoms with Crippen molar-refractivity contribution in [2.45, 2.75) is 20.4 Å². The topological polar surface area (TPSA) is 81.2 Å². The first-order chi connectivity index (χ1) is 8.56. The van der Waals surface area contributed by atoms with Crippen molar-refractivity contribution >= 4 is 17.2 Å². The SMILES string of the molecule is CC(=O)c1cc(NCc2cc(C)no2)ccc1N. The summed E-state index contributed by atoms with van der Waals surface area (Å²) in [5.74, 6) is 0.695. The number of carbonyl (C=O) groups excluding carboxylic acids is 1. The summed E-state index contributed by atoms with van der Waals surface area (Å²) in [6.45, 7) is 3.88. The summed E-state index contributed by atoms with van der Waals surface area (Å²) in [5, 5.41) is 6.95. The number of aryl methyl sites for hydroxylation is 1. The van der Waals surface area contributed by atoms with Crippen LogP contribution in [0.25, 0.3) is 0 Å². The number of hydrogen-bond donors (Lipinski definition) is 2. The lowest BCUT2D eigenvalue weighted by molar-refractivity contribution is 0.101. The smallest absolute Gasteiger partial charge is 0.161 e. The molecule has 0 aliphatic carbocycles. The van der Waals surface area contributed by atoms with Gasteiger partial charge in [0.25, 0.3) is 0 Å². The largest absolute Gasteiger partial charge is 0.398 e. The highest BCUT2D eigenvalue weighted by atomic mass is 16.5. The van der Waals surface area contributed by atoms with Gasteiger partial charge in [-0.05, 0) is 32.0 Å². The predicted octanol–water partition coefficient (Wildman–Crippen LogP) is 2.38. The van der Waals surface area contributed by atoms with Gasteiger partial charge in [-0.3, -0.25) is 4.79 Å². The highest BCUT2D eigenvalue weighted by molar-refractivity contribution is 5.99. The molecule has 0 saturated carbocycles. The van der Waals surface area contributed by atoms with Crippen molar-refractivity contribution in [3.05, 3.63) is 41.3 Å². The van der Waals surface area contributed by atoms with Crippen molar-refractivity contribution in [3.8, 4) is 0 Å². The first kappa shape index (κ1) is 12.2. The van der Waals surface area contributed by atoms with Gasteiger partial charge in [-0.2, -0.15) is 0 Å². The van der Waals surface area contributed by atoms with Crippen LogP contribution in [0.4, 0.5) is 11.4 Å². The van der Waals surface area contributed by atoms with E-state index in [0.29, 0.717) is 17.8 Å². The number of benzene rings is 1. The molecule has 5 nitrogen and oxygen atoms in total. The minimum absolute atomic E-state index is 0.0494. The maximum Gasteiger partial charge on any atom is 0.161 e. The van der Waals surface area contributed by atoms with Crippen LogP contribution in [0.1, 0.15) is 28.7 Å². The quantitative estimate of drug-likeness (QED) is 0.638. The summed E-state index contributed by atoms with van der Waals surface area (Å²) in [4.78, 5) is 11.4. The van der Waals surface area contributed by atoms with E-state index in [4.69, 9.17) is 10.3 Å². The molecule has 0 saturated heterocycles. The van der Waals surface area contributed by atoms with E-state index in [1.807, 2.05) is 19.1 Å². The van der Waals surface area contributed by atoms with E-state index in [0.717, 1.165) is 17.1 Å². The molecule has 0 aliphatic rings. The van der Waals surface area contributed by atoms with Gasteiger partial charge in [-0.15, -0.1) is 0 Å². The number of carbonyl (C=O) groups is 1. The van der Waals surface area contributed by atoms with Gasteiger partial charge >= 0.3 is 0 Å². The molecule has 1 heterocycles. The second kappa shape index (κ2) is 4.91. The molecule has 18 heavy (non-hydrogen) atoms. The predicted molar refractivity (Wildman–Crippen MR) is 69.4 cm³/mol. The zero-order chi connectivity index (χ0) is 13.1. The number of nitrogens with zero attached hydrogens (tertiary/aromatic N) is 1. The van der Waals surface area contributed by atoms with Crippen LogP contribution in [0.2, 0.25) is 0 Å². The molecule has 1 aromatic carbocycles. The summed E-state index contributed by atoms with van der Waals surface area (Å²) >= 11 is 0. The van der Waals surface area contributed by atoms with E-state index in [1.165, 1.54) is 6.92 Å². The second-order valence-corrected chi connectivity index (χ2v) is 4.15. The van der Waals surface area contributed by atoms with Crippen LogP contribution in [-0.2, 0) is 6.54 Å². The van der Waals surface area contributed by atoms with E-state index in [1.54, 1.807) is 12.1 Å². The van der Waals surface area contributed by atoms with Crippen LogP contribution in [0, 0.1) is 6.92 Å². The number of rotatable bonds is 4. The second-order valence-electron chi connectivity index (χ2n) is 4.15. The van der Waals surface area contributed by atoms with Gasteiger partial charge in [0.2, 0.25) is 0 Å². The normalized spacial score (nSPS) is 10.3. The van der Waals surface area contributed by atoms with Crippen LogP contribution in [-0.4, -0.2) is 10.9 Å². The molecule has 0 amide bonds. The number of ketones is 1. The van der Waals surface area contributed by atoms with Crippen molar-refractivity contribution in [1.82, 2.24) is 5.16 Å². The van der Waals surface area contributed by atoms with E-state index < -0.39 is 0 Å². The molecule has 0 spiro atoms. The lowest BCUT2D eigenvalue weighted by atomic mass is 10.1. The van der Waals surface area contributed by atoms with Crippen LogP contribution < -0.4 is 11.1 Å².